The molecule has 10 heteroatoms. The molecule has 200 valence electrons. The van der Waals surface area contributed by atoms with Gasteiger partial charge in [-0.25, -0.2) is 0 Å². The van der Waals surface area contributed by atoms with Crippen LogP contribution in [0.15, 0.2) is 71.7 Å². The van der Waals surface area contributed by atoms with Crippen LogP contribution >= 0.6 is 34.8 Å². The summed E-state index contributed by atoms with van der Waals surface area (Å²) >= 11 is 18.3. The topological polar surface area (TPSA) is 41.9 Å². The van der Waals surface area contributed by atoms with Gasteiger partial charge in [0.15, 0.2) is 6.61 Å². The van der Waals surface area contributed by atoms with Gasteiger partial charge in [0.25, 0.3) is 0 Å². The molecule has 0 spiro atoms. The fraction of sp³-hybridized carbons (Fsp3) is 0.286. The molecule has 4 nitrogen and oxygen atoms in total. The highest BCUT2D eigenvalue weighted by atomic mass is 35.5. The molecule has 1 aliphatic heterocycles. The van der Waals surface area contributed by atoms with E-state index in [2.05, 4.69) is 0 Å². The number of aliphatic imine (C=N–C) groups is 1. The second kappa shape index (κ2) is 10.8. The van der Waals surface area contributed by atoms with Gasteiger partial charge in [-0.1, -0.05) is 74.3 Å². The van der Waals surface area contributed by atoms with Crippen LogP contribution in [0, 0.1) is 0 Å². The molecule has 0 aliphatic carbocycles. The van der Waals surface area contributed by atoms with Gasteiger partial charge in [-0.15, -0.1) is 0 Å². The number of amidine groups is 1. The predicted molar refractivity (Wildman–Crippen MR) is 145 cm³/mol. The maximum atomic E-state index is 13.2. The molecule has 0 saturated heterocycles. The Balaban J connectivity index is 1.91. The van der Waals surface area contributed by atoms with E-state index >= 15 is 0 Å². The van der Waals surface area contributed by atoms with Crippen molar-refractivity contribution < 1.29 is 22.7 Å². The number of ether oxygens (including phenoxy) is 1. The minimum Gasteiger partial charge on any atom is -0.483 e. The van der Waals surface area contributed by atoms with E-state index in [9.17, 15) is 18.0 Å². The molecular weight excluding hydrogens is 560 g/mol. The molecule has 4 rings (SSSR count). The Bertz CT molecular complexity index is 1350. The summed E-state index contributed by atoms with van der Waals surface area (Å²) in [5.74, 6) is 0.0468. The van der Waals surface area contributed by atoms with Crippen LogP contribution in [-0.2, 0) is 5.41 Å². The van der Waals surface area contributed by atoms with E-state index < -0.39 is 30.2 Å². The molecule has 0 fully saturated rings. The van der Waals surface area contributed by atoms with Crippen molar-refractivity contribution in [2.45, 2.75) is 44.4 Å². The third kappa shape index (κ3) is 6.28. The minimum atomic E-state index is -4.56. The maximum absolute atomic E-state index is 13.2. The number of benzene rings is 3. The van der Waals surface area contributed by atoms with Crippen molar-refractivity contribution in [2.24, 2.45) is 4.99 Å². The second-order valence-electron chi connectivity index (χ2n) is 9.93. The average molecular weight is 584 g/mol. The van der Waals surface area contributed by atoms with Crippen molar-refractivity contribution in [3.63, 3.8) is 0 Å². The number of nitrogens with zero attached hydrogens (tertiary/aromatic N) is 2. The van der Waals surface area contributed by atoms with E-state index in [0.29, 0.717) is 15.6 Å². The second-order valence-corrected chi connectivity index (χ2v) is 11.1. The molecule has 3 aromatic rings. The van der Waals surface area contributed by atoms with Gasteiger partial charge in [0.2, 0.25) is 0 Å². The summed E-state index contributed by atoms with van der Waals surface area (Å²) in [6.45, 7) is 4.30. The molecule has 3 aromatic carbocycles. The van der Waals surface area contributed by atoms with Crippen molar-refractivity contribution in [1.82, 2.24) is 4.90 Å². The van der Waals surface area contributed by atoms with E-state index in [1.54, 1.807) is 66.7 Å². The number of carbonyl (C=O) groups excluding carboxylic acids is 1. The molecular formula is C28H24Cl3F3N2O2. The van der Waals surface area contributed by atoms with Gasteiger partial charge >= 0.3 is 11.5 Å². The lowest BCUT2D eigenvalue weighted by Crippen LogP contribution is -2.34. The zero-order valence-corrected chi connectivity index (χ0v) is 23.0. The summed E-state index contributed by atoms with van der Waals surface area (Å²) in [5, 5.41) is 0.173. The number of hydrogen-bond donors (Lipinski definition) is 0. The number of amides is 1. The highest BCUT2D eigenvalue weighted by molar-refractivity contribution is 6.64. The predicted octanol–water partition coefficient (Wildman–Crippen LogP) is 9.14. The van der Waals surface area contributed by atoms with Crippen molar-refractivity contribution in [1.29, 1.82) is 0 Å². The van der Waals surface area contributed by atoms with E-state index in [1.807, 2.05) is 20.8 Å². The minimum absolute atomic E-state index is 0.0528. The highest BCUT2D eigenvalue weighted by Gasteiger charge is 2.43. The average Bonchev–Trinajstić information content (AvgIpc) is 3.23. The standard InChI is InChI=1S/C28H24Cl3F3N2O2/c1-27(2,3)18-8-13-21(22(14-18)38-15-28(32,33)34)25-35-23(16-4-9-19(29)10-5-16)24(36(25)26(31)37)17-6-11-20(30)12-7-17/h4-14,23-24H,15H2,1-3H3. The maximum Gasteiger partial charge on any atom is 0.422 e. The SMILES string of the molecule is CC(C)(C)c1ccc(C2=NC(c3ccc(Cl)cc3)C(c3ccc(Cl)cc3)N2C(=O)Cl)c(OCC(F)(F)F)c1. The Hall–Kier alpha value is -2.74. The van der Waals surface area contributed by atoms with E-state index in [1.165, 1.54) is 4.90 Å². The van der Waals surface area contributed by atoms with Crippen LogP contribution < -0.4 is 4.74 Å². The highest BCUT2D eigenvalue weighted by Crippen LogP contribution is 2.46. The Morgan fingerprint density at radius 3 is 1.97 bits per heavy atom. The molecule has 1 heterocycles. The first-order valence-corrected chi connectivity index (χ1v) is 12.8. The lowest BCUT2D eigenvalue weighted by Gasteiger charge is -2.28. The first-order chi connectivity index (χ1) is 17.7. The molecule has 38 heavy (non-hydrogen) atoms. The molecule has 1 amide bonds. The molecule has 0 aromatic heterocycles. The van der Waals surface area contributed by atoms with Gasteiger partial charge in [-0.2, -0.15) is 13.2 Å². The number of alkyl halides is 3. The summed E-state index contributed by atoms with van der Waals surface area (Å²) in [6.07, 6.45) is -4.56. The van der Waals surface area contributed by atoms with Gasteiger partial charge in [-0.05, 0) is 70.1 Å². The summed E-state index contributed by atoms with van der Waals surface area (Å²) in [6, 6.07) is 17.4. The van der Waals surface area contributed by atoms with Gasteiger partial charge < -0.3 is 4.74 Å². The smallest absolute Gasteiger partial charge is 0.422 e. The first kappa shape index (κ1) is 28.3. The van der Waals surface area contributed by atoms with E-state index in [-0.39, 0.29) is 22.6 Å². The van der Waals surface area contributed by atoms with Crippen LogP contribution in [0.4, 0.5) is 18.0 Å². The Labute approximate surface area is 234 Å². The number of carbonyl (C=O) groups is 1. The quantitative estimate of drug-likeness (QED) is 0.222. The number of halogens is 6. The van der Waals surface area contributed by atoms with Crippen LogP contribution in [0.3, 0.4) is 0 Å². The lowest BCUT2D eigenvalue weighted by molar-refractivity contribution is -0.153. The number of hydrogen-bond acceptors (Lipinski definition) is 3. The molecule has 0 N–H and O–H groups in total. The van der Waals surface area contributed by atoms with Crippen LogP contribution in [-0.4, -0.2) is 28.9 Å². The van der Waals surface area contributed by atoms with Gasteiger partial charge in [-0.3, -0.25) is 14.7 Å². The Morgan fingerprint density at radius 2 is 1.47 bits per heavy atom. The first-order valence-electron chi connectivity index (χ1n) is 11.7. The van der Waals surface area contributed by atoms with Gasteiger partial charge in [0, 0.05) is 10.0 Å². The van der Waals surface area contributed by atoms with Crippen LogP contribution in [0.1, 0.15) is 55.1 Å². The van der Waals surface area contributed by atoms with Crippen molar-refractivity contribution in [3.05, 3.63) is 99.0 Å². The summed E-state index contributed by atoms with van der Waals surface area (Å²) < 4.78 is 44.7. The monoisotopic (exact) mass is 582 g/mol. The summed E-state index contributed by atoms with van der Waals surface area (Å²) in [4.78, 5) is 19.0. The summed E-state index contributed by atoms with van der Waals surface area (Å²) in [7, 11) is 0. The Kier molecular flexibility index (Phi) is 8.03. The third-order valence-corrected chi connectivity index (χ3v) is 6.85. The normalized spacial score (nSPS) is 17.9. The zero-order chi connectivity index (χ0) is 27.8. The van der Waals surface area contributed by atoms with Crippen molar-refractivity contribution in [2.75, 3.05) is 6.61 Å². The number of rotatable bonds is 5. The molecule has 0 radical (unpaired) electrons. The molecule has 2 unspecified atom stereocenters. The lowest BCUT2D eigenvalue weighted by atomic mass is 9.86. The Morgan fingerprint density at radius 1 is 0.921 bits per heavy atom. The van der Waals surface area contributed by atoms with Gasteiger partial charge in [0.1, 0.15) is 17.6 Å². The fourth-order valence-corrected chi connectivity index (χ4v) is 4.73. The van der Waals surface area contributed by atoms with E-state index in [4.69, 9.17) is 44.5 Å². The van der Waals surface area contributed by atoms with Crippen molar-refractivity contribution >= 4 is 46.0 Å². The van der Waals surface area contributed by atoms with Crippen LogP contribution in [0.5, 0.6) is 5.75 Å². The van der Waals surface area contributed by atoms with Crippen LogP contribution in [0.25, 0.3) is 0 Å². The molecule has 0 bridgehead atoms. The van der Waals surface area contributed by atoms with Gasteiger partial charge in [0.05, 0.1) is 11.6 Å². The summed E-state index contributed by atoms with van der Waals surface area (Å²) in [5.41, 5.74) is 2.02. The zero-order valence-electron chi connectivity index (χ0n) is 20.7. The molecule has 0 saturated carbocycles. The fourth-order valence-electron chi connectivity index (χ4n) is 4.29. The molecule has 1 aliphatic rings. The van der Waals surface area contributed by atoms with Crippen molar-refractivity contribution in [3.8, 4) is 5.75 Å². The van der Waals surface area contributed by atoms with E-state index in [0.717, 1.165) is 11.1 Å². The third-order valence-electron chi connectivity index (χ3n) is 6.16. The molecule has 2 atom stereocenters. The van der Waals surface area contributed by atoms with Crippen LogP contribution in [0.2, 0.25) is 10.0 Å². The largest absolute Gasteiger partial charge is 0.483 e.